The van der Waals surface area contributed by atoms with Crippen LogP contribution in [0.15, 0.2) is 70.5 Å². The van der Waals surface area contributed by atoms with Crippen LogP contribution >= 0.6 is 0 Å². The van der Waals surface area contributed by atoms with Gasteiger partial charge in [-0.05, 0) is 42.5 Å². The van der Waals surface area contributed by atoms with Gasteiger partial charge in [0.2, 0.25) is 5.56 Å². The second-order valence-corrected chi connectivity index (χ2v) is 8.07. The monoisotopic (exact) mass is 427 g/mol. The van der Waals surface area contributed by atoms with Crippen molar-refractivity contribution in [1.29, 1.82) is 0 Å². The third-order valence-corrected chi connectivity index (χ3v) is 5.64. The Kier molecular flexibility index (Phi) is 5.15. The second kappa shape index (κ2) is 7.91. The molecule has 0 radical (unpaired) electrons. The number of benzene rings is 2. The van der Waals surface area contributed by atoms with E-state index in [0.29, 0.717) is 36.1 Å². The molecule has 0 saturated heterocycles. The van der Waals surface area contributed by atoms with Crippen molar-refractivity contribution in [1.82, 2.24) is 4.98 Å². The van der Waals surface area contributed by atoms with Gasteiger partial charge in [-0.3, -0.25) is 14.3 Å². The molecule has 0 saturated carbocycles. The van der Waals surface area contributed by atoms with Gasteiger partial charge in [-0.1, -0.05) is 0 Å². The zero-order chi connectivity index (χ0) is 21.1. The quantitative estimate of drug-likeness (QED) is 0.573. The Morgan fingerprint density at radius 2 is 1.60 bits per heavy atom. The molecule has 0 bridgehead atoms. The van der Waals surface area contributed by atoms with E-state index in [4.69, 9.17) is 9.47 Å². The van der Waals surface area contributed by atoms with Gasteiger partial charge in [0.1, 0.15) is 13.2 Å². The van der Waals surface area contributed by atoms with E-state index < -0.39 is 15.9 Å². The molecular weight excluding hydrogens is 410 g/mol. The van der Waals surface area contributed by atoms with Gasteiger partial charge in [-0.25, -0.2) is 8.42 Å². The average molecular weight is 427 g/mol. The molecule has 3 aromatic rings. The predicted molar refractivity (Wildman–Crippen MR) is 110 cm³/mol. The van der Waals surface area contributed by atoms with Crippen LogP contribution in [0.25, 0.3) is 0 Å². The molecule has 0 atom stereocenters. The molecule has 1 amide bonds. The molecule has 4 rings (SSSR count). The number of nitrogens with one attached hydrogen (secondary N) is 3. The molecule has 10 heteroatoms. The number of rotatable bonds is 5. The highest BCUT2D eigenvalue weighted by atomic mass is 32.2. The van der Waals surface area contributed by atoms with Gasteiger partial charge in [0.15, 0.2) is 11.5 Å². The lowest BCUT2D eigenvalue weighted by Gasteiger charge is -2.19. The summed E-state index contributed by atoms with van der Waals surface area (Å²) in [6.07, 6.45) is 1.31. The first-order valence-corrected chi connectivity index (χ1v) is 10.4. The third kappa shape index (κ3) is 4.28. The topological polar surface area (TPSA) is 127 Å². The number of carbonyl (C=O) groups excluding carboxylic acids is 1. The van der Waals surface area contributed by atoms with Gasteiger partial charge >= 0.3 is 0 Å². The van der Waals surface area contributed by atoms with Crippen LogP contribution in [0.5, 0.6) is 11.5 Å². The smallest absolute Gasteiger partial charge is 0.262 e. The lowest BCUT2D eigenvalue weighted by Crippen LogP contribution is -2.17. The number of fused-ring (bicyclic) bond motifs is 1. The molecule has 2 heterocycles. The molecule has 0 fully saturated rings. The molecule has 154 valence electrons. The zero-order valence-electron chi connectivity index (χ0n) is 15.5. The molecule has 9 nitrogen and oxygen atoms in total. The number of amides is 1. The van der Waals surface area contributed by atoms with Gasteiger partial charge in [0, 0.05) is 29.7 Å². The van der Waals surface area contributed by atoms with Gasteiger partial charge in [-0.15, -0.1) is 0 Å². The van der Waals surface area contributed by atoms with E-state index in [1.54, 1.807) is 18.2 Å². The van der Waals surface area contributed by atoms with Crippen LogP contribution < -0.4 is 25.1 Å². The third-order valence-electron chi connectivity index (χ3n) is 4.27. The number of ether oxygens (including phenoxy) is 2. The second-order valence-electron chi connectivity index (χ2n) is 6.38. The van der Waals surface area contributed by atoms with E-state index in [0.717, 1.165) is 0 Å². The van der Waals surface area contributed by atoms with E-state index in [-0.39, 0.29) is 16.0 Å². The Labute approximate surface area is 171 Å². The van der Waals surface area contributed by atoms with Crippen molar-refractivity contribution in [3.63, 3.8) is 0 Å². The minimum atomic E-state index is -3.84. The average Bonchev–Trinajstić information content (AvgIpc) is 2.75. The lowest BCUT2D eigenvalue weighted by atomic mass is 10.2. The van der Waals surface area contributed by atoms with Gasteiger partial charge < -0.3 is 19.8 Å². The number of hydrogen-bond acceptors (Lipinski definition) is 6. The summed E-state index contributed by atoms with van der Waals surface area (Å²) in [6.45, 7) is 0.776. The first-order valence-electron chi connectivity index (χ1n) is 8.93. The summed E-state index contributed by atoms with van der Waals surface area (Å²) in [5.41, 5.74) is 0.777. The van der Waals surface area contributed by atoms with E-state index >= 15 is 0 Å². The lowest BCUT2D eigenvalue weighted by molar-refractivity contribution is 0.102. The Balaban J connectivity index is 1.45. The first-order chi connectivity index (χ1) is 14.4. The van der Waals surface area contributed by atoms with E-state index in [2.05, 4.69) is 15.0 Å². The maximum Gasteiger partial charge on any atom is 0.262 e. The fourth-order valence-electron chi connectivity index (χ4n) is 2.78. The van der Waals surface area contributed by atoms with Crippen molar-refractivity contribution in [2.45, 2.75) is 4.90 Å². The normalized spacial score (nSPS) is 12.8. The molecule has 3 N–H and O–H groups in total. The molecule has 1 aromatic heterocycles. The summed E-state index contributed by atoms with van der Waals surface area (Å²) in [4.78, 5) is 25.7. The number of carbonyl (C=O) groups is 1. The Morgan fingerprint density at radius 3 is 2.30 bits per heavy atom. The SMILES string of the molecule is O=C(Nc1ccc(NS(=O)(=O)c2ccc3c(c2)OCCO3)cc1)c1ccc(=O)[nH]c1. The molecule has 0 unspecified atom stereocenters. The highest BCUT2D eigenvalue weighted by molar-refractivity contribution is 7.92. The number of pyridine rings is 1. The van der Waals surface area contributed by atoms with Crippen molar-refractivity contribution in [2.24, 2.45) is 0 Å². The van der Waals surface area contributed by atoms with Crippen molar-refractivity contribution >= 4 is 27.3 Å². The van der Waals surface area contributed by atoms with Gasteiger partial charge in [0.05, 0.1) is 10.5 Å². The maximum absolute atomic E-state index is 12.7. The van der Waals surface area contributed by atoms with Crippen LogP contribution in [0.3, 0.4) is 0 Å². The first kappa shape index (κ1) is 19.5. The van der Waals surface area contributed by atoms with Crippen LogP contribution in [0.2, 0.25) is 0 Å². The summed E-state index contributed by atoms with van der Waals surface area (Å²) >= 11 is 0. The number of anilines is 2. The summed E-state index contributed by atoms with van der Waals surface area (Å²) < 4.78 is 38.6. The molecule has 1 aliphatic heterocycles. The number of aromatic amines is 1. The Morgan fingerprint density at radius 1 is 0.900 bits per heavy atom. The van der Waals surface area contributed by atoms with Crippen LogP contribution in [0.4, 0.5) is 11.4 Å². The van der Waals surface area contributed by atoms with Crippen molar-refractivity contribution in [3.8, 4) is 11.5 Å². The van der Waals surface area contributed by atoms with Crippen LogP contribution in [-0.4, -0.2) is 32.5 Å². The summed E-state index contributed by atoms with van der Waals surface area (Å²) in [7, 11) is -3.84. The van der Waals surface area contributed by atoms with Crippen molar-refractivity contribution in [3.05, 3.63) is 76.7 Å². The maximum atomic E-state index is 12.7. The van der Waals surface area contributed by atoms with E-state index in [1.165, 1.54) is 42.6 Å². The molecule has 0 aliphatic carbocycles. The molecule has 30 heavy (non-hydrogen) atoms. The molecular formula is C20H17N3O6S. The Bertz CT molecular complexity index is 1230. The minimum absolute atomic E-state index is 0.0437. The van der Waals surface area contributed by atoms with Gasteiger partial charge in [-0.2, -0.15) is 0 Å². The molecule has 0 spiro atoms. The summed E-state index contributed by atoms with van der Waals surface area (Å²) in [5, 5.41) is 2.66. The van der Waals surface area contributed by atoms with Crippen LogP contribution in [-0.2, 0) is 10.0 Å². The van der Waals surface area contributed by atoms with Crippen LogP contribution in [0.1, 0.15) is 10.4 Å². The summed E-state index contributed by atoms with van der Waals surface area (Å²) in [5.74, 6) is 0.475. The van der Waals surface area contributed by atoms with Gasteiger partial charge in [0.25, 0.3) is 15.9 Å². The fourth-order valence-corrected chi connectivity index (χ4v) is 3.86. The minimum Gasteiger partial charge on any atom is -0.486 e. The number of H-pyrrole nitrogens is 1. The van der Waals surface area contributed by atoms with E-state index in [9.17, 15) is 18.0 Å². The highest BCUT2D eigenvalue weighted by Gasteiger charge is 2.19. The van der Waals surface area contributed by atoms with Crippen molar-refractivity contribution < 1.29 is 22.7 Å². The summed E-state index contributed by atoms with van der Waals surface area (Å²) in [6, 6.07) is 13.2. The fraction of sp³-hybridized carbons (Fsp3) is 0.100. The standard InChI is InChI=1S/C20H17N3O6S/c24-19-8-1-13(12-21-19)20(25)22-14-2-4-15(5-3-14)23-30(26,27)16-6-7-17-18(11-16)29-10-9-28-17/h1-8,11-12,23H,9-10H2,(H,21,24)(H,22,25). The largest absolute Gasteiger partial charge is 0.486 e. The molecule has 2 aromatic carbocycles. The van der Waals surface area contributed by atoms with Crippen LogP contribution in [0, 0.1) is 0 Å². The number of aromatic nitrogens is 1. The number of hydrogen-bond donors (Lipinski definition) is 3. The van der Waals surface area contributed by atoms with E-state index in [1.807, 2.05) is 0 Å². The number of sulfonamides is 1. The molecule has 1 aliphatic rings. The Hall–Kier alpha value is -3.79. The highest BCUT2D eigenvalue weighted by Crippen LogP contribution is 2.32. The zero-order valence-corrected chi connectivity index (χ0v) is 16.4. The predicted octanol–water partition coefficient (Wildman–Crippen LogP) is 2.20. The van der Waals surface area contributed by atoms with Crippen molar-refractivity contribution in [2.75, 3.05) is 23.3 Å².